The van der Waals surface area contributed by atoms with E-state index in [1.807, 2.05) is 30.3 Å². The number of rotatable bonds is 12. The number of nitrogens with one attached hydrogen (secondary N) is 2. The molecular formula is C24H28N4O7. The number of amides is 2. The molecule has 2 amide bonds. The molecule has 1 heterocycles. The molecule has 0 aliphatic rings. The Balaban J connectivity index is 1.61. The topological polar surface area (TPSA) is 167 Å². The summed E-state index contributed by atoms with van der Waals surface area (Å²) in [5.41, 5.74) is 1.65. The molecule has 11 nitrogen and oxygen atoms in total. The second kappa shape index (κ2) is 12.9. The Morgan fingerprint density at radius 2 is 1.77 bits per heavy atom. The number of aliphatic hydroxyl groups excluding tert-OH is 1. The summed E-state index contributed by atoms with van der Waals surface area (Å²) in [6.07, 6.45) is -1.45. The molecule has 2 atom stereocenters. The summed E-state index contributed by atoms with van der Waals surface area (Å²) in [4.78, 5) is 27.3. The zero-order valence-electron chi connectivity index (χ0n) is 19.0. The van der Waals surface area contributed by atoms with E-state index < -0.39 is 24.3 Å². The van der Waals surface area contributed by atoms with Gasteiger partial charge in [0.25, 0.3) is 0 Å². The molecule has 0 bridgehead atoms. The first kappa shape index (κ1) is 25.5. The van der Waals surface area contributed by atoms with Crippen LogP contribution in [0.3, 0.4) is 0 Å². The van der Waals surface area contributed by atoms with Crippen LogP contribution in [-0.4, -0.2) is 50.2 Å². The van der Waals surface area contributed by atoms with Gasteiger partial charge >= 0.3 is 12.2 Å². The summed E-state index contributed by atoms with van der Waals surface area (Å²) in [7, 11) is 0. The molecule has 3 rings (SSSR count). The number of hydrogen-bond acceptors (Lipinski definition) is 8. The molecule has 2 unspecified atom stereocenters. The van der Waals surface area contributed by atoms with Gasteiger partial charge in [-0.15, -0.1) is 0 Å². The maximum Gasteiger partial charge on any atom is 0.407 e. The van der Waals surface area contributed by atoms with Crippen molar-refractivity contribution in [3.8, 4) is 5.75 Å². The van der Waals surface area contributed by atoms with Gasteiger partial charge in [-0.1, -0.05) is 47.6 Å². The number of aromatic nitrogens is 2. The van der Waals surface area contributed by atoms with Crippen molar-refractivity contribution in [1.29, 1.82) is 0 Å². The number of benzene rings is 2. The first-order valence-electron chi connectivity index (χ1n) is 11.1. The summed E-state index contributed by atoms with van der Waals surface area (Å²) >= 11 is 0. The van der Waals surface area contributed by atoms with Crippen LogP contribution in [0.5, 0.6) is 5.75 Å². The number of aliphatic hydroxyl groups is 1. The minimum atomic E-state index is -1.27. The summed E-state index contributed by atoms with van der Waals surface area (Å²) in [5, 5.41) is 37.8. The number of nitrogens with zero attached hydrogens (tertiary/aromatic N) is 2. The number of unbranched alkanes of at least 4 members (excludes halogenated alkanes) is 1. The maximum atomic E-state index is 12.4. The van der Waals surface area contributed by atoms with Crippen molar-refractivity contribution < 1.29 is 34.2 Å². The van der Waals surface area contributed by atoms with Crippen molar-refractivity contribution in [2.75, 3.05) is 6.54 Å². The fourth-order valence-electron chi connectivity index (χ4n) is 3.34. The Labute approximate surface area is 201 Å². The zero-order valence-corrected chi connectivity index (χ0v) is 19.0. The quantitative estimate of drug-likeness (QED) is 0.243. The molecule has 0 spiro atoms. The number of carbonyl (C=O) groups excluding carboxylic acids is 1. The molecule has 35 heavy (non-hydrogen) atoms. The molecule has 0 radical (unpaired) electrons. The smallest absolute Gasteiger partial charge is 0.407 e. The first-order valence-corrected chi connectivity index (χ1v) is 11.1. The lowest BCUT2D eigenvalue weighted by Crippen LogP contribution is -2.40. The summed E-state index contributed by atoms with van der Waals surface area (Å²) in [6.45, 7) is 0.312. The van der Waals surface area contributed by atoms with Crippen LogP contribution in [0.25, 0.3) is 0 Å². The van der Waals surface area contributed by atoms with Crippen molar-refractivity contribution >= 4 is 12.2 Å². The van der Waals surface area contributed by atoms with Crippen molar-refractivity contribution in [2.45, 2.75) is 44.4 Å². The maximum absolute atomic E-state index is 12.4. The normalized spacial score (nSPS) is 12.5. The van der Waals surface area contributed by atoms with Crippen LogP contribution < -0.4 is 10.6 Å². The van der Waals surface area contributed by atoms with Gasteiger partial charge in [0.1, 0.15) is 18.5 Å². The number of alkyl carbamates (subject to hydrolysis) is 1. The molecule has 0 fully saturated rings. The van der Waals surface area contributed by atoms with Crippen LogP contribution in [0.1, 0.15) is 48.2 Å². The standard InChI is InChI=1S/C24H28N4O7/c29-18-11-9-16(10-12-18)14-20-27-22(28-35-20)21(30)19(8-4-5-13-25-23(31)32)26-24(33)34-15-17-6-2-1-3-7-17/h1-3,6-7,9-12,19,21,25,29-30H,4-5,8,13-15H2,(H,26,33)(H,31,32). The molecule has 0 saturated carbocycles. The van der Waals surface area contributed by atoms with Crippen molar-refractivity contribution in [2.24, 2.45) is 0 Å². The molecule has 0 aliphatic heterocycles. The van der Waals surface area contributed by atoms with Gasteiger partial charge in [-0.2, -0.15) is 4.98 Å². The summed E-state index contributed by atoms with van der Waals surface area (Å²) in [5.74, 6) is 0.415. The van der Waals surface area contributed by atoms with Gasteiger partial charge in [-0.25, -0.2) is 9.59 Å². The van der Waals surface area contributed by atoms with E-state index in [1.54, 1.807) is 24.3 Å². The van der Waals surface area contributed by atoms with Gasteiger partial charge < -0.3 is 35.2 Å². The van der Waals surface area contributed by atoms with Crippen LogP contribution in [0.15, 0.2) is 59.1 Å². The molecular weight excluding hydrogens is 456 g/mol. The van der Waals surface area contributed by atoms with Crippen LogP contribution in [0.4, 0.5) is 9.59 Å². The highest BCUT2D eigenvalue weighted by Gasteiger charge is 2.27. The fourth-order valence-corrected chi connectivity index (χ4v) is 3.34. The zero-order chi connectivity index (χ0) is 25.0. The lowest BCUT2D eigenvalue weighted by molar-refractivity contribution is 0.0915. The molecule has 3 aromatic rings. The van der Waals surface area contributed by atoms with Gasteiger partial charge in [0, 0.05) is 6.54 Å². The molecule has 0 aliphatic carbocycles. The molecule has 1 aromatic heterocycles. The average Bonchev–Trinajstić information content (AvgIpc) is 3.31. The third-order valence-corrected chi connectivity index (χ3v) is 5.16. The van der Waals surface area contributed by atoms with Crippen molar-refractivity contribution in [3.63, 3.8) is 0 Å². The van der Waals surface area contributed by atoms with Gasteiger partial charge in [0.2, 0.25) is 11.7 Å². The number of phenols is 1. The Morgan fingerprint density at radius 1 is 1.03 bits per heavy atom. The largest absolute Gasteiger partial charge is 0.508 e. The van der Waals surface area contributed by atoms with E-state index in [4.69, 9.17) is 14.4 Å². The average molecular weight is 485 g/mol. The number of ether oxygens (including phenoxy) is 1. The summed E-state index contributed by atoms with van der Waals surface area (Å²) < 4.78 is 10.5. The molecule has 186 valence electrons. The summed E-state index contributed by atoms with van der Waals surface area (Å²) in [6, 6.07) is 14.9. The highest BCUT2D eigenvalue weighted by molar-refractivity contribution is 5.67. The SMILES string of the molecule is O=C(O)NCCCCC(NC(=O)OCc1ccccc1)C(O)c1noc(Cc2ccc(O)cc2)n1. The second-order valence-corrected chi connectivity index (χ2v) is 7.87. The third-order valence-electron chi connectivity index (χ3n) is 5.16. The Kier molecular flexibility index (Phi) is 9.43. The van der Waals surface area contributed by atoms with Gasteiger partial charge in [-0.05, 0) is 42.5 Å². The minimum absolute atomic E-state index is 0.01000. The second-order valence-electron chi connectivity index (χ2n) is 7.87. The fraction of sp³-hybridized carbons (Fsp3) is 0.333. The third kappa shape index (κ3) is 8.63. The monoisotopic (exact) mass is 484 g/mol. The highest BCUT2D eigenvalue weighted by Crippen LogP contribution is 2.20. The molecule has 2 aromatic carbocycles. The van der Waals surface area contributed by atoms with E-state index in [0.717, 1.165) is 11.1 Å². The van der Waals surface area contributed by atoms with Crippen LogP contribution in [0, 0.1) is 0 Å². The Bertz CT molecular complexity index is 1070. The number of hydrogen-bond donors (Lipinski definition) is 5. The Morgan fingerprint density at radius 3 is 2.49 bits per heavy atom. The van der Waals surface area contributed by atoms with E-state index in [0.29, 0.717) is 25.7 Å². The lowest BCUT2D eigenvalue weighted by atomic mass is 10.0. The van der Waals surface area contributed by atoms with Gasteiger partial charge in [0.05, 0.1) is 12.5 Å². The van der Waals surface area contributed by atoms with Crippen LogP contribution >= 0.6 is 0 Å². The van der Waals surface area contributed by atoms with E-state index in [-0.39, 0.29) is 30.6 Å². The first-order chi connectivity index (χ1) is 16.9. The number of carbonyl (C=O) groups is 2. The molecule has 11 heteroatoms. The predicted molar refractivity (Wildman–Crippen MR) is 124 cm³/mol. The minimum Gasteiger partial charge on any atom is -0.508 e. The lowest BCUT2D eigenvalue weighted by Gasteiger charge is -2.22. The number of aromatic hydroxyl groups is 1. The van der Waals surface area contributed by atoms with Crippen molar-refractivity contribution in [3.05, 3.63) is 77.4 Å². The van der Waals surface area contributed by atoms with E-state index in [1.165, 1.54) is 0 Å². The van der Waals surface area contributed by atoms with Crippen LogP contribution in [0.2, 0.25) is 0 Å². The highest BCUT2D eigenvalue weighted by atomic mass is 16.5. The van der Waals surface area contributed by atoms with Crippen LogP contribution in [-0.2, 0) is 17.8 Å². The molecule has 0 saturated heterocycles. The number of carboxylic acid groups (broad SMARTS) is 1. The van der Waals surface area contributed by atoms with Gasteiger partial charge in [-0.3, -0.25) is 0 Å². The number of phenolic OH excluding ortho intramolecular Hbond substituents is 1. The molecule has 5 N–H and O–H groups in total. The van der Waals surface area contributed by atoms with Crippen molar-refractivity contribution in [1.82, 2.24) is 20.8 Å². The van der Waals surface area contributed by atoms with E-state index >= 15 is 0 Å². The van der Waals surface area contributed by atoms with E-state index in [2.05, 4.69) is 20.8 Å². The van der Waals surface area contributed by atoms with Gasteiger partial charge in [0.15, 0.2) is 0 Å². The predicted octanol–water partition coefficient (Wildman–Crippen LogP) is 3.13. The Hall–Kier alpha value is -4.12. The van der Waals surface area contributed by atoms with E-state index in [9.17, 15) is 19.8 Å².